The predicted octanol–water partition coefficient (Wildman–Crippen LogP) is 13.2. The summed E-state index contributed by atoms with van der Waals surface area (Å²) in [6, 6.07) is 0. The smallest absolute Gasteiger partial charge is 0.308 e. The van der Waals surface area contributed by atoms with Gasteiger partial charge in [0.2, 0.25) is 0 Å². The van der Waals surface area contributed by atoms with E-state index >= 15 is 0 Å². The number of rotatable bonds is 18. The minimum Gasteiger partial charge on any atom is -0.469 e. The first-order valence-corrected chi connectivity index (χ1v) is 30.4. The van der Waals surface area contributed by atoms with E-state index in [2.05, 4.69) is 151 Å². The molecular weight excluding hydrogens is 779 g/mol. The zero-order chi connectivity index (χ0) is 44.8. The number of nitrogens with zero attached hydrogens (tertiary/aromatic N) is 1. The summed E-state index contributed by atoms with van der Waals surface area (Å²) in [6.07, 6.45) is 6.68. The largest absolute Gasteiger partial charge is 0.469 e. The number of esters is 1. The van der Waals surface area contributed by atoms with E-state index in [9.17, 15) is 9.59 Å². The number of methoxy groups -OCH3 is 1. The third-order valence-electron chi connectivity index (χ3n) is 13.0. The van der Waals surface area contributed by atoms with Crippen LogP contribution in [0.4, 0.5) is 0 Å². The van der Waals surface area contributed by atoms with Crippen LogP contribution in [0.15, 0.2) is 23.4 Å². The quantitative estimate of drug-likeness (QED) is 0.0629. The number of aromatic nitrogens is 1. The number of carbonyl (C=O) groups excluding carboxylic acids is 2. The van der Waals surface area contributed by atoms with E-state index in [0.717, 1.165) is 16.3 Å². The number of aryl methyl sites for hydroxylation is 1. The first kappa shape index (κ1) is 53.4. The van der Waals surface area contributed by atoms with Crippen LogP contribution in [0.5, 0.6) is 0 Å². The summed E-state index contributed by atoms with van der Waals surface area (Å²) in [4.78, 5) is 33.1. The van der Waals surface area contributed by atoms with Crippen LogP contribution in [0, 0.1) is 36.0 Å². The van der Waals surface area contributed by atoms with Crippen molar-refractivity contribution in [3.05, 3.63) is 33.3 Å². The Balaban J connectivity index is 3.54. The predicted molar refractivity (Wildman–Crippen MR) is 251 cm³/mol. The molecule has 0 saturated heterocycles. The summed E-state index contributed by atoms with van der Waals surface area (Å²) >= 11 is 1.70. The molecule has 326 valence electrons. The van der Waals surface area contributed by atoms with E-state index in [4.69, 9.17) is 18.0 Å². The van der Waals surface area contributed by atoms with Crippen LogP contribution in [-0.2, 0) is 27.6 Å². The van der Waals surface area contributed by atoms with Gasteiger partial charge in [0.15, 0.2) is 25.0 Å². The molecule has 0 aliphatic carbocycles. The Hall–Kier alpha value is -1.66. The Labute approximate surface area is 357 Å². The summed E-state index contributed by atoms with van der Waals surface area (Å²) in [6.45, 7) is 47.6. The van der Waals surface area contributed by atoms with Crippen molar-refractivity contribution in [2.24, 2.45) is 17.3 Å². The van der Waals surface area contributed by atoms with Gasteiger partial charge in [-0.3, -0.25) is 9.59 Å². The Morgan fingerprint density at radius 1 is 0.825 bits per heavy atom. The topological polar surface area (TPSA) is 84.0 Å². The third-order valence-corrected chi connectivity index (χ3v) is 27.3. The Morgan fingerprint density at radius 3 is 1.77 bits per heavy atom. The van der Waals surface area contributed by atoms with E-state index in [-0.39, 0.29) is 45.3 Å². The molecule has 1 aromatic rings. The van der Waals surface area contributed by atoms with Crippen LogP contribution in [-0.4, -0.2) is 67.1 Å². The fraction of sp³-hybridized carbons (Fsp3) is 0.761. The van der Waals surface area contributed by atoms with Gasteiger partial charge in [0.25, 0.3) is 0 Å². The average molecular weight is 862 g/mol. The zero-order valence-electron chi connectivity index (χ0n) is 40.5. The van der Waals surface area contributed by atoms with Crippen molar-refractivity contribution >= 4 is 54.1 Å². The summed E-state index contributed by atoms with van der Waals surface area (Å²) in [7, 11) is -5.35. The van der Waals surface area contributed by atoms with E-state index < -0.39 is 48.5 Å². The lowest BCUT2D eigenvalue weighted by molar-refractivity contribution is -0.148. The Bertz CT molecular complexity index is 1630. The zero-order valence-corrected chi connectivity index (χ0v) is 44.4. The lowest BCUT2D eigenvalue weighted by atomic mass is 9.73. The summed E-state index contributed by atoms with van der Waals surface area (Å²) < 4.78 is 26.1. The monoisotopic (exact) mass is 862 g/mol. The van der Waals surface area contributed by atoms with Gasteiger partial charge in [-0.25, -0.2) is 4.98 Å². The fourth-order valence-electron chi connectivity index (χ4n) is 5.70. The molecule has 0 spiro atoms. The molecule has 0 aliphatic rings. The third kappa shape index (κ3) is 15.4. The molecule has 0 N–H and O–H groups in total. The van der Waals surface area contributed by atoms with E-state index in [0.29, 0.717) is 6.42 Å². The van der Waals surface area contributed by atoms with Gasteiger partial charge in [0, 0.05) is 34.7 Å². The van der Waals surface area contributed by atoms with Gasteiger partial charge in [-0.05, 0) is 100 Å². The maximum Gasteiger partial charge on any atom is 0.308 e. The lowest BCUT2D eigenvalue weighted by Gasteiger charge is -2.46. The van der Waals surface area contributed by atoms with Gasteiger partial charge in [-0.2, -0.15) is 0 Å². The highest BCUT2D eigenvalue weighted by atomic mass is 32.1. The van der Waals surface area contributed by atoms with Gasteiger partial charge < -0.3 is 18.0 Å². The Kier molecular flexibility index (Phi) is 19.0. The van der Waals surface area contributed by atoms with Crippen molar-refractivity contribution < 1.29 is 27.6 Å². The molecule has 11 heteroatoms. The average Bonchev–Trinajstić information content (AvgIpc) is 3.46. The molecule has 7 nitrogen and oxygen atoms in total. The second-order valence-corrected chi connectivity index (χ2v) is 37.0. The van der Waals surface area contributed by atoms with Crippen LogP contribution < -0.4 is 0 Å². The van der Waals surface area contributed by atoms with E-state index in [1.54, 1.807) is 11.3 Å². The molecule has 0 aromatic carbocycles. The van der Waals surface area contributed by atoms with Gasteiger partial charge >= 0.3 is 5.97 Å². The molecular formula is C46H83NO6SSi3. The second kappa shape index (κ2) is 20.3. The number of hydrogen-bond donors (Lipinski definition) is 0. The highest BCUT2D eigenvalue weighted by molar-refractivity contribution is 7.12. The van der Waals surface area contributed by atoms with Crippen LogP contribution in [0.3, 0.4) is 0 Å². The van der Waals surface area contributed by atoms with E-state index in [1.807, 2.05) is 33.9 Å². The molecule has 5 atom stereocenters. The lowest BCUT2D eigenvalue weighted by Crippen LogP contribution is -2.54. The highest BCUT2D eigenvalue weighted by Crippen LogP contribution is 2.44. The number of ketones is 1. The molecule has 1 aromatic heterocycles. The standard InChI is InChI=1S/C46H83NO6SSi3/c1-32(27-28-38(51-55(18,19)43(6,7)8)34(3)29-37-31-47-36(5)54-37)25-24-26-33(2)41(53-57(22,23)45(12,13)14)35(4)42(49)46(15,16)39(30-40(48)50-17)52-56(20,21)44(9,10)11/h27,29,31,33,35,38-39,41H,25,28,30H2,1-23H3/b32-27+,34-29+/t33-,35+,38-,39-,41-/m0/s1. The SMILES string of the molecule is COC(=O)C[C@H](O[Si](C)(C)C(C)(C)C)C(C)(C)C(=O)[C@H](C)[C@@H](O[Si](C)(C)C(C)(C)C)[C@@H](C)C#CC/C(C)=C/C[C@H](O[Si](C)(C)C(C)(C)C)/C(C)=C/c1cnc(C)s1. The number of allylic oxidation sites excluding steroid dienone is 1. The minimum absolute atomic E-state index is 0.00517. The molecule has 0 unspecified atom stereocenters. The second-order valence-electron chi connectivity index (χ2n) is 21.5. The fourth-order valence-corrected chi connectivity index (χ4v) is 10.7. The van der Waals surface area contributed by atoms with Gasteiger partial charge in [0.05, 0.1) is 36.9 Å². The normalized spacial score (nSPS) is 17.0. The van der Waals surface area contributed by atoms with Crippen molar-refractivity contribution in [1.29, 1.82) is 0 Å². The van der Waals surface area contributed by atoms with Crippen molar-refractivity contribution in [1.82, 2.24) is 4.98 Å². The van der Waals surface area contributed by atoms with Crippen LogP contribution >= 0.6 is 11.3 Å². The van der Waals surface area contributed by atoms with Crippen molar-refractivity contribution in [3.63, 3.8) is 0 Å². The minimum atomic E-state index is -2.36. The summed E-state index contributed by atoms with van der Waals surface area (Å²) in [5, 5.41) is 0.969. The molecule has 0 amide bonds. The van der Waals surface area contributed by atoms with Crippen LogP contribution in [0.2, 0.25) is 54.4 Å². The number of carbonyl (C=O) groups is 2. The molecule has 0 fully saturated rings. The summed E-state index contributed by atoms with van der Waals surface area (Å²) in [5.41, 5.74) is 1.39. The van der Waals surface area contributed by atoms with Gasteiger partial charge in [-0.1, -0.05) is 107 Å². The first-order valence-electron chi connectivity index (χ1n) is 20.9. The number of Topliss-reactive ketones (excluding diaryl/α,β-unsaturated/α-hetero) is 1. The molecule has 1 rings (SSSR count). The van der Waals surface area contributed by atoms with Gasteiger partial charge in [0.1, 0.15) is 5.78 Å². The van der Waals surface area contributed by atoms with Crippen LogP contribution in [0.1, 0.15) is 133 Å². The highest BCUT2D eigenvalue weighted by Gasteiger charge is 2.50. The van der Waals surface area contributed by atoms with Crippen molar-refractivity contribution in [3.8, 4) is 11.8 Å². The molecule has 0 bridgehead atoms. The molecule has 0 radical (unpaired) electrons. The number of hydrogen-bond acceptors (Lipinski definition) is 8. The molecule has 1 heterocycles. The first-order chi connectivity index (χ1) is 25.5. The van der Waals surface area contributed by atoms with Gasteiger partial charge in [-0.15, -0.1) is 11.3 Å². The maximum atomic E-state index is 14.8. The molecule has 57 heavy (non-hydrogen) atoms. The summed E-state index contributed by atoms with van der Waals surface area (Å²) in [5.74, 6) is 5.90. The molecule has 0 aliphatic heterocycles. The Morgan fingerprint density at radius 2 is 1.32 bits per heavy atom. The van der Waals surface area contributed by atoms with Crippen molar-refractivity contribution in [2.45, 2.75) is 203 Å². The number of thiazole rings is 1. The molecule has 0 saturated carbocycles. The number of ether oxygens (including phenoxy) is 1. The van der Waals surface area contributed by atoms with Crippen molar-refractivity contribution in [2.75, 3.05) is 7.11 Å². The maximum absolute atomic E-state index is 14.8. The van der Waals surface area contributed by atoms with Crippen LogP contribution in [0.25, 0.3) is 6.08 Å². The van der Waals surface area contributed by atoms with E-state index in [1.165, 1.54) is 18.3 Å².